The van der Waals surface area contributed by atoms with Crippen LogP contribution in [0, 0.1) is 6.92 Å². The number of nitrogens with zero attached hydrogens (tertiary/aromatic N) is 4. The topological polar surface area (TPSA) is 280 Å². The van der Waals surface area contributed by atoms with Crippen LogP contribution < -0.4 is 21.5 Å². The maximum atomic E-state index is 14.1. The number of aromatic nitrogens is 4. The lowest BCUT2D eigenvalue weighted by atomic mass is 9.81. The molecule has 7 rings (SSSR count). The van der Waals surface area contributed by atoms with Crippen LogP contribution in [0.5, 0.6) is 6.01 Å². The number of aromatic carboxylic acids is 1. The number of aryl methyl sites for hydroxylation is 1. The normalized spacial score (nSPS) is 12.3. The molecule has 0 spiro atoms. The number of para-hydroxylation sites is 1. The number of anilines is 6. The maximum Gasteiger partial charge on any atom is 0.337 e. The fourth-order valence-electron chi connectivity index (χ4n) is 6.31. The lowest BCUT2D eigenvalue weighted by molar-refractivity contribution is 0.0697. The molecule has 0 atom stereocenters. The third-order valence-electron chi connectivity index (χ3n) is 8.64. The van der Waals surface area contributed by atoms with Crippen molar-refractivity contribution in [1.82, 2.24) is 19.5 Å². The Bertz CT molecular complexity index is 2930. The number of hydrogen-bond acceptors (Lipinski definition) is 14. The van der Waals surface area contributed by atoms with Gasteiger partial charge in [0.05, 0.1) is 39.4 Å². The van der Waals surface area contributed by atoms with Gasteiger partial charge in [-0.3, -0.25) is 18.7 Å². The van der Waals surface area contributed by atoms with Gasteiger partial charge in [0.15, 0.2) is 5.78 Å². The van der Waals surface area contributed by atoms with Gasteiger partial charge in [0.25, 0.3) is 25.8 Å². The Morgan fingerprint density at radius 1 is 0.704 bits per heavy atom. The number of aromatic hydroxyl groups is 1. The molecule has 274 valence electrons. The summed E-state index contributed by atoms with van der Waals surface area (Å²) in [6.07, 6.45) is 0. The Hall–Kier alpha value is -6.74. The molecule has 0 unspecified atom stereocenters. The minimum absolute atomic E-state index is 0.00172. The average Bonchev–Trinajstić information content (AvgIpc) is 3.09. The Kier molecular flexibility index (Phi) is 8.41. The van der Waals surface area contributed by atoms with Crippen LogP contribution in [-0.2, 0) is 27.3 Å². The molecule has 4 aromatic carbocycles. The van der Waals surface area contributed by atoms with E-state index in [1.165, 1.54) is 48.0 Å². The molecular formula is C34H25N7O11S2. The fraction of sp³-hybridized carbons (Fsp3) is 0.0588. The molecule has 54 heavy (non-hydrogen) atoms. The van der Waals surface area contributed by atoms with Crippen LogP contribution in [0.2, 0.25) is 0 Å². The van der Waals surface area contributed by atoms with E-state index in [-0.39, 0.29) is 33.6 Å². The van der Waals surface area contributed by atoms with Crippen LogP contribution >= 0.6 is 0 Å². The molecule has 0 aliphatic heterocycles. The molecule has 0 amide bonds. The van der Waals surface area contributed by atoms with E-state index in [0.29, 0.717) is 33.7 Å². The van der Waals surface area contributed by atoms with Crippen molar-refractivity contribution in [2.24, 2.45) is 7.05 Å². The second-order valence-corrected chi connectivity index (χ2v) is 14.7. The highest BCUT2D eigenvalue weighted by Crippen LogP contribution is 2.44. The summed E-state index contributed by atoms with van der Waals surface area (Å²) >= 11 is 0. The van der Waals surface area contributed by atoms with Gasteiger partial charge < -0.3 is 30.7 Å². The van der Waals surface area contributed by atoms with E-state index in [9.17, 15) is 50.5 Å². The number of pyridine rings is 1. The number of carboxylic acids is 1. The lowest BCUT2D eigenvalue weighted by Crippen LogP contribution is -2.24. The number of nitrogens with one attached hydrogen (secondary N) is 3. The summed E-state index contributed by atoms with van der Waals surface area (Å²) in [5, 5.41) is 28.1. The molecular weight excluding hydrogens is 747 g/mol. The molecule has 0 saturated heterocycles. The minimum Gasteiger partial charge on any atom is -0.479 e. The zero-order chi connectivity index (χ0) is 38.9. The molecule has 0 fully saturated rings. The number of carbonyl (C=O) groups excluding carboxylic acids is 1. The Morgan fingerprint density at radius 2 is 1.28 bits per heavy atom. The van der Waals surface area contributed by atoms with Gasteiger partial charge in [0, 0.05) is 29.1 Å². The van der Waals surface area contributed by atoms with Crippen LogP contribution in [0.15, 0.2) is 87.4 Å². The molecule has 20 heteroatoms. The number of carbonyl (C=O) groups is 2. The summed E-state index contributed by atoms with van der Waals surface area (Å²) in [7, 11) is -9.00. The summed E-state index contributed by atoms with van der Waals surface area (Å²) in [5.41, 5.74) is 0.433. The maximum absolute atomic E-state index is 14.1. The van der Waals surface area contributed by atoms with Gasteiger partial charge in [0.1, 0.15) is 9.79 Å². The molecule has 1 aliphatic rings. The molecule has 2 heterocycles. The first kappa shape index (κ1) is 35.7. The van der Waals surface area contributed by atoms with Crippen LogP contribution in [0.3, 0.4) is 0 Å². The monoisotopic (exact) mass is 771 g/mol. The Labute approximate surface area is 304 Å². The SMILES string of the molecule is Cc1c2c3c(c(Nc4cc(Nc5nc(O)nc(Nc6ccccc6C(=O)O)n5)c(S(=O)(=O)O)cc4S(=O)(=O)O)ccc3n(C)c1=O)C(=O)c1ccccc1-2. The van der Waals surface area contributed by atoms with Crippen molar-refractivity contribution in [3.8, 4) is 17.1 Å². The molecule has 0 bridgehead atoms. The smallest absolute Gasteiger partial charge is 0.337 e. The van der Waals surface area contributed by atoms with Gasteiger partial charge in [-0.1, -0.05) is 36.4 Å². The first-order chi connectivity index (χ1) is 25.4. The van der Waals surface area contributed by atoms with E-state index in [4.69, 9.17) is 0 Å². The number of ketones is 1. The standard InChI is InChI=1S/C34H25N7O11S2/c1-15-26-16-7-3-4-8-17(16)29(42)27-20(11-12-23(28(26)27)41(2)30(15)43)35-21-13-22(25(54(50,51)52)14-24(21)53(47,48)49)37-33-38-32(39-34(46)40-33)36-19-10-6-5-9-18(19)31(44)45/h3-14,35H,1-2H3,(H,44,45)(H,47,48,49)(H,50,51,52)(H3,36,37,38,39,40,46). The van der Waals surface area contributed by atoms with Crippen LogP contribution in [0.4, 0.5) is 34.6 Å². The number of hydrogen-bond donors (Lipinski definition) is 7. The van der Waals surface area contributed by atoms with Gasteiger partial charge in [-0.25, -0.2) is 4.79 Å². The molecule has 0 saturated carbocycles. The quantitative estimate of drug-likeness (QED) is 0.100. The van der Waals surface area contributed by atoms with Crippen molar-refractivity contribution < 1.29 is 45.7 Å². The Morgan fingerprint density at radius 3 is 1.91 bits per heavy atom. The minimum atomic E-state index is -5.27. The summed E-state index contributed by atoms with van der Waals surface area (Å²) < 4.78 is 72.4. The molecule has 2 aromatic heterocycles. The Balaban J connectivity index is 1.40. The van der Waals surface area contributed by atoms with E-state index in [2.05, 4.69) is 30.9 Å². The first-order valence-corrected chi connectivity index (χ1v) is 18.3. The predicted molar refractivity (Wildman–Crippen MR) is 194 cm³/mol. The van der Waals surface area contributed by atoms with Gasteiger partial charge in [-0.05, 0) is 48.9 Å². The summed E-state index contributed by atoms with van der Waals surface area (Å²) in [6.45, 7) is 1.61. The third-order valence-corrected chi connectivity index (χ3v) is 10.4. The van der Waals surface area contributed by atoms with E-state index in [1.807, 2.05) is 0 Å². The van der Waals surface area contributed by atoms with Crippen molar-refractivity contribution in [1.29, 1.82) is 0 Å². The molecule has 0 radical (unpaired) electrons. The van der Waals surface area contributed by atoms with Crippen LogP contribution in [0.25, 0.3) is 22.0 Å². The molecule has 18 nitrogen and oxygen atoms in total. The van der Waals surface area contributed by atoms with Crippen molar-refractivity contribution in [3.05, 3.63) is 105 Å². The third kappa shape index (κ3) is 6.13. The van der Waals surface area contributed by atoms with Crippen molar-refractivity contribution >= 4 is 77.5 Å². The molecule has 1 aliphatic carbocycles. The highest BCUT2D eigenvalue weighted by atomic mass is 32.2. The summed E-state index contributed by atoms with van der Waals surface area (Å²) in [4.78, 5) is 48.4. The van der Waals surface area contributed by atoms with E-state index < -0.39 is 71.1 Å². The summed E-state index contributed by atoms with van der Waals surface area (Å²) in [6, 6.07) is 15.6. The van der Waals surface area contributed by atoms with Crippen molar-refractivity contribution in [2.45, 2.75) is 16.7 Å². The zero-order valence-corrected chi connectivity index (χ0v) is 29.3. The predicted octanol–water partition coefficient (Wildman–Crippen LogP) is 4.37. The van der Waals surface area contributed by atoms with E-state index in [1.54, 1.807) is 31.2 Å². The highest BCUT2D eigenvalue weighted by Gasteiger charge is 2.32. The second kappa shape index (κ2) is 12.7. The number of carboxylic acid groups (broad SMARTS) is 1. The second-order valence-electron chi connectivity index (χ2n) is 11.9. The van der Waals surface area contributed by atoms with Crippen LogP contribution in [-0.4, -0.2) is 67.4 Å². The molecule has 6 aromatic rings. The molecule has 7 N–H and O–H groups in total. The number of rotatable bonds is 9. The zero-order valence-electron chi connectivity index (χ0n) is 27.7. The van der Waals surface area contributed by atoms with Crippen LogP contribution in [0.1, 0.15) is 31.8 Å². The van der Waals surface area contributed by atoms with Crippen molar-refractivity contribution in [2.75, 3.05) is 16.0 Å². The van der Waals surface area contributed by atoms with Gasteiger partial charge in [-0.2, -0.15) is 31.8 Å². The van der Waals surface area contributed by atoms with Gasteiger partial charge in [-0.15, -0.1) is 0 Å². The van der Waals surface area contributed by atoms with E-state index in [0.717, 1.165) is 6.07 Å². The fourth-order valence-corrected chi connectivity index (χ4v) is 7.70. The summed E-state index contributed by atoms with van der Waals surface area (Å²) in [5.74, 6) is -2.76. The number of fused-ring (bicyclic) bond motifs is 2. The van der Waals surface area contributed by atoms with E-state index >= 15 is 0 Å². The lowest BCUT2D eigenvalue weighted by Gasteiger charge is -2.25. The van der Waals surface area contributed by atoms with Gasteiger partial charge >= 0.3 is 12.0 Å². The first-order valence-electron chi connectivity index (χ1n) is 15.5. The number of benzene rings is 4. The highest BCUT2D eigenvalue weighted by molar-refractivity contribution is 7.86. The average molecular weight is 772 g/mol. The van der Waals surface area contributed by atoms with Crippen molar-refractivity contribution in [3.63, 3.8) is 0 Å². The van der Waals surface area contributed by atoms with Gasteiger partial charge in [0.2, 0.25) is 11.9 Å². The largest absolute Gasteiger partial charge is 0.479 e.